The van der Waals surface area contributed by atoms with Crippen molar-refractivity contribution in [3.05, 3.63) is 30.7 Å². The van der Waals surface area contributed by atoms with E-state index in [9.17, 15) is 4.79 Å². The monoisotopic (exact) mass is 351 g/mol. The molecule has 1 fully saturated rings. The molecule has 0 aliphatic carbocycles. The van der Waals surface area contributed by atoms with E-state index in [1.54, 1.807) is 23.3 Å². The molecule has 1 aliphatic rings. The van der Waals surface area contributed by atoms with E-state index < -0.39 is 0 Å². The number of hydrogen-bond acceptors (Lipinski definition) is 6. The highest BCUT2D eigenvalue weighted by molar-refractivity contribution is 5.89. The number of aromatic nitrogens is 5. The fourth-order valence-corrected chi connectivity index (χ4v) is 3.36. The summed E-state index contributed by atoms with van der Waals surface area (Å²) in [5.41, 5.74) is 1.69. The third-order valence-corrected chi connectivity index (χ3v) is 4.72. The molecule has 134 valence electrons. The topological polar surface area (TPSA) is 88.8 Å². The van der Waals surface area contributed by atoms with E-state index in [-0.39, 0.29) is 11.8 Å². The molecular weight excluding hydrogens is 330 g/mol. The Balaban J connectivity index is 1.74. The highest BCUT2D eigenvalue weighted by atomic mass is 16.1. The second-order valence-corrected chi connectivity index (χ2v) is 6.44. The van der Waals surface area contributed by atoms with Crippen molar-refractivity contribution >= 4 is 22.8 Å². The van der Waals surface area contributed by atoms with Gasteiger partial charge in [0.15, 0.2) is 11.5 Å². The Bertz CT molecular complexity index is 937. The van der Waals surface area contributed by atoms with Crippen molar-refractivity contribution < 1.29 is 4.79 Å². The van der Waals surface area contributed by atoms with Crippen molar-refractivity contribution in [2.75, 3.05) is 24.5 Å². The van der Waals surface area contributed by atoms with Crippen LogP contribution in [-0.4, -0.2) is 50.3 Å². The van der Waals surface area contributed by atoms with Gasteiger partial charge in [-0.3, -0.25) is 14.5 Å². The van der Waals surface area contributed by atoms with Crippen LogP contribution in [0.15, 0.2) is 30.7 Å². The molecule has 1 amide bonds. The van der Waals surface area contributed by atoms with Gasteiger partial charge < -0.3 is 10.2 Å². The number of carbonyl (C=O) groups is 1. The van der Waals surface area contributed by atoms with Crippen LogP contribution < -0.4 is 10.2 Å². The van der Waals surface area contributed by atoms with Crippen molar-refractivity contribution in [3.63, 3.8) is 0 Å². The maximum atomic E-state index is 12.2. The Labute approximate surface area is 151 Å². The van der Waals surface area contributed by atoms with E-state index in [0.717, 1.165) is 35.4 Å². The molecule has 3 aromatic rings. The van der Waals surface area contributed by atoms with Crippen molar-refractivity contribution in [3.8, 4) is 11.4 Å². The van der Waals surface area contributed by atoms with Crippen molar-refractivity contribution in [1.82, 2.24) is 30.0 Å². The lowest BCUT2D eigenvalue weighted by Crippen LogP contribution is -2.32. The van der Waals surface area contributed by atoms with Crippen molar-refractivity contribution in [2.24, 2.45) is 13.0 Å². The van der Waals surface area contributed by atoms with Gasteiger partial charge in [-0.05, 0) is 25.5 Å². The molecule has 1 atom stereocenters. The zero-order valence-electron chi connectivity index (χ0n) is 14.9. The first-order chi connectivity index (χ1) is 12.7. The minimum atomic E-state index is -0.0130. The summed E-state index contributed by atoms with van der Waals surface area (Å²) < 4.78 is 1.75. The maximum absolute atomic E-state index is 12.2. The summed E-state index contributed by atoms with van der Waals surface area (Å²) in [6.07, 6.45) is 6.07. The molecule has 1 saturated heterocycles. The molecule has 0 spiro atoms. The Morgan fingerprint density at radius 2 is 2.12 bits per heavy atom. The number of amides is 1. The zero-order chi connectivity index (χ0) is 18.1. The van der Waals surface area contributed by atoms with E-state index in [1.165, 1.54) is 0 Å². The highest BCUT2D eigenvalue weighted by Gasteiger charge is 2.30. The summed E-state index contributed by atoms with van der Waals surface area (Å²) in [5, 5.41) is 8.16. The summed E-state index contributed by atoms with van der Waals surface area (Å²) in [6.45, 7) is 4.04. The zero-order valence-corrected chi connectivity index (χ0v) is 14.9. The first-order valence-corrected chi connectivity index (χ1v) is 8.80. The standard InChI is InChI=1S/C18H21N7O/c1-3-20-18(26)13-6-9-25(11-13)17-14-10-21-24(2)16(14)22-15(23-17)12-4-7-19-8-5-12/h4-5,7-8,10,13H,3,6,9,11H2,1-2H3,(H,20,26). The summed E-state index contributed by atoms with van der Waals surface area (Å²) in [7, 11) is 1.87. The molecule has 4 rings (SSSR count). The molecule has 26 heavy (non-hydrogen) atoms. The molecule has 8 nitrogen and oxygen atoms in total. The third-order valence-electron chi connectivity index (χ3n) is 4.72. The van der Waals surface area contributed by atoms with Crippen LogP contribution in [-0.2, 0) is 11.8 Å². The molecular formula is C18H21N7O. The number of anilines is 1. The van der Waals surface area contributed by atoms with Crippen LogP contribution in [0, 0.1) is 5.92 Å². The largest absolute Gasteiger partial charge is 0.356 e. The average Bonchev–Trinajstić information content (AvgIpc) is 3.30. The Kier molecular flexibility index (Phi) is 4.24. The van der Waals surface area contributed by atoms with Crippen LogP contribution in [0.3, 0.4) is 0 Å². The third kappa shape index (κ3) is 2.87. The lowest BCUT2D eigenvalue weighted by molar-refractivity contribution is -0.124. The van der Waals surface area contributed by atoms with E-state index in [2.05, 4.69) is 25.3 Å². The number of nitrogens with zero attached hydrogens (tertiary/aromatic N) is 6. The van der Waals surface area contributed by atoms with Crippen molar-refractivity contribution in [2.45, 2.75) is 13.3 Å². The van der Waals surface area contributed by atoms with Gasteiger partial charge >= 0.3 is 0 Å². The molecule has 3 aromatic heterocycles. The average molecular weight is 351 g/mol. The fourth-order valence-electron chi connectivity index (χ4n) is 3.36. The van der Waals surface area contributed by atoms with Crippen LogP contribution in [0.1, 0.15) is 13.3 Å². The van der Waals surface area contributed by atoms with Gasteiger partial charge in [-0.25, -0.2) is 9.97 Å². The summed E-state index contributed by atoms with van der Waals surface area (Å²) in [4.78, 5) is 27.9. The second kappa shape index (κ2) is 6.70. The van der Waals surface area contributed by atoms with Crippen molar-refractivity contribution in [1.29, 1.82) is 0 Å². The van der Waals surface area contributed by atoms with Gasteiger partial charge in [0.1, 0.15) is 5.82 Å². The Morgan fingerprint density at radius 3 is 2.88 bits per heavy atom. The fraction of sp³-hybridized carbons (Fsp3) is 0.389. The summed E-state index contributed by atoms with van der Waals surface area (Å²) in [6, 6.07) is 3.78. The summed E-state index contributed by atoms with van der Waals surface area (Å²) >= 11 is 0. The highest BCUT2D eigenvalue weighted by Crippen LogP contribution is 2.30. The Morgan fingerprint density at radius 1 is 1.31 bits per heavy atom. The number of rotatable bonds is 4. The van der Waals surface area contributed by atoms with Gasteiger partial charge in [-0.1, -0.05) is 0 Å². The minimum Gasteiger partial charge on any atom is -0.356 e. The molecule has 0 radical (unpaired) electrons. The number of carbonyl (C=O) groups excluding carboxylic acids is 1. The van der Waals surface area contributed by atoms with E-state index in [1.807, 2.05) is 26.1 Å². The minimum absolute atomic E-state index is 0.0130. The lowest BCUT2D eigenvalue weighted by Gasteiger charge is -2.19. The molecule has 1 aliphatic heterocycles. The first-order valence-electron chi connectivity index (χ1n) is 8.80. The molecule has 0 aromatic carbocycles. The van der Waals surface area contributed by atoms with Gasteiger partial charge in [0.2, 0.25) is 5.91 Å². The molecule has 0 saturated carbocycles. The quantitative estimate of drug-likeness (QED) is 0.764. The number of hydrogen-bond donors (Lipinski definition) is 1. The summed E-state index contributed by atoms with van der Waals surface area (Å²) in [5.74, 6) is 1.57. The SMILES string of the molecule is CCNC(=O)C1CCN(c2nc(-c3ccncc3)nc3c2cnn3C)C1. The molecule has 1 N–H and O–H groups in total. The number of nitrogens with one attached hydrogen (secondary N) is 1. The van der Waals surface area contributed by atoms with Crippen LogP contribution in [0.2, 0.25) is 0 Å². The van der Waals surface area contributed by atoms with Gasteiger partial charge in [-0.15, -0.1) is 0 Å². The number of pyridine rings is 1. The van der Waals surface area contributed by atoms with Gasteiger partial charge in [0.25, 0.3) is 0 Å². The van der Waals surface area contributed by atoms with Gasteiger partial charge in [-0.2, -0.15) is 5.10 Å². The number of fused-ring (bicyclic) bond motifs is 1. The normalized spacial score (nSPS) is 17.0. The first kappa shape index (κ1) is 16.4. The van der Waals surface area contributed by atoms with E-state index in [0.29, 0.717) is 18.9 Å². The van der Waals surface area contributed by atoms with Crippen LogP contribution in [0.4, 0.5) is 5.82 Å². The van der Waals surface area contributed by atoms with Crippen LogP contribution in [0.5, 0.6) is 0 Å². The van der Waals surface area contributed by atoms with Gasteiger partial charge in [0.05, 0.1) is 17.5 Å². The predicted octanol–water partition coefficient (Wildman–Crippen LogP) is 1.39. The van der Waals surface area contributed by atoms with E-state index in [4.69, 9.17) is 4.98 Å². The second-order valence-electron chi connectivity index (χ2n) is 6.44. The lowest BCUT2D eigenvalue weighted by atomic mass is 10.1. The van der Waals surface area contributed by atoms with Crippen LogP contribution in [0.25, 0.3) is 22.4 Å². The van der Waals surface area contributed by atoms with E-state index >= 15 is 0 Å². The Hall–Kier alpha value is -3.03. The predicted molar refractivity (Wildman–Crippen MR) is 98.5 cm³/mol. The van der Waals surface area contributed by atoms with Crippen LogP contribution >= 0.6 is 0 Å². The van der Waals surface area contributed by atoms with Gasteiger partial charge in [0, 0.05) is 44.6 Å². The molecule has 8 heteroatoms. The smallest absolute Gasteiger partial charge is 0.224 e. The number of aryl methyl sites for hydroxylation is 1. The molecule has 1 unspecified atom stereocenters. The molecule has 0 bridgehead atoms. The maximum Gasteiger partial charge on any atom is 0.224 e. The molecule has 4 heterocycles.